The first-order valence-electron chi connectivity index (χ1n) is 22.2. The van der Waals surface area contributed by atoms with Crippen LogP contribution in [0.15, 0.2) is 0 Å². The zero-order chi connectivity index (χ0) is 40.7. The SMILES string of the molecule is CCCCCCCCCCCC[N+](C)(CCCCCCCCCCCC)CCC[Si](OCC(C)(CO)CO)(OCC(C)(CO)CO)OCC(C)(CO)CO. The van der Waals surface area contributed by atoms with Gasteiger partial charge in [-0.1, -0.05) is 137 Å². The highest BCUT2D eigenvalue weighted by atomic mass is 28.4. The van der Waals surface area contributed by atoms with Gasteiger partial charge in [-0.2, -0.15) is 0 Å². The Morgan fingerprint density at radius 1 is 0.389 bits per heavy atom. The van der Waals surface area contributed by atoms with Gasteiger partial charge in [0.1, 0.15) is 0 Å². The summed E-state index contributed by atoms with van der Waals surface area (Å²) < 4.78 is 20.6. The van der Waals surface area contributed by atoms with E-state index >= 15 is 0 Å². The van der Waals surface area contributed by atoms with E-state index in [1.807, 2.05) is 0 Å². The quantitative estimate of drug-likeness (QED) is 0.0209. The second kappa shape index (κ2) is 31.8. The molecule has 0 heterocycles. The number of aliphatic hydroxyl groups is 6. The van der Waals surface area contributed by atoms with Gasteiger partial charge >= 0.3 is 8.80 Å². The topological polar surface area (TPSA) is 149 Å². The van der Waals surface area contributed by atoms with E-state index in [0.717, 1.165) is 30.5 Å². The van der Waals surface area contributed by atoms with E-state index in [-0.39, 0.29) is 59.5 Å². The van der Waals surface area contributed by atoms with Crippen molar-refractivity contribution in [3.8, 4) is 0 Å². The molecule has 0 amide bonds. The van der Waals surface area contributed by atoms with E-state index < -0.39 is 25.0 Å². The molecule has 11 heteroatoms. The zero-order valence-corrected chi connectivity index (χ0v) is 37.4. The monoisotopic (exact) mass is 795 g/mol. The Hall–Kier alpha value is -0.183. The van der Waals surface area contributed by atoms with Crippen molar-refractivity contribution < 1.29 is 48.4 Å². The number of aliphatic hydroxyl groups excluding tert-OH is 6. The standard InChI is InChI=1S/C43H92NO9Si/c1-7-9-11-13-15-17-19-21-23-25-28-44(6,29-26-24-22-20-18-16-14-12-10-8-2)30-27-31-54(51-38-41(3,32-45)33-46,52-39-42(4,34-47)35-48)53-40-43(5,36-49)37-50/h45-50H,7-40H2,1-6H3/q+1. The first-order chi connectivity index (χ1) is 25.8. The van der Waals surface area contributed by atoms with Gasteiger partial charge in [0, 0.05) is 48.5 Å². The van der Waals surface area contributed by atoms with E-state index in [9.17, 15) is 30.6 Å². The van der Waals surface area contributed by atoms with Crippen LogP contribution in [0.1, 0.15) is 169 Å². The molecule has 0 atom stereocenters. The molecule has 0 aromatic carbocycles. The van der Waals surface area contributed by atoms with Crippen molar-refractivity contribution in [2.24, 2.45) is 16.2 Å². The van der Waals surface area contributed by atoms with Gasteiger partial charge in [-0.25, -0.2) is 0 Å². The second-order valence-electron chi connectivity index (χ2n) is 18.2. The third-order valence-electron chi connectivity index (χ3n) is 11.5. The van der Waals surface area contributed by atoms with Gasteiger partial charge in [0.05, 0.1) is 66.3 Å². The molecule has 10 nitrogen and oxygen atoms in total. The van der Waals surface area contributed by atoms with Crippen molar-refractivity contribution in [2.75, 3.05) is 86.1 Å². The van der Waals surface area contributed by atoms with Crippen LogP contribution in [-0.2, 0) is 13.3 Å². The molecule has 0 saturated carbocycles. The molecule has 0 aromatic heterocycles. The Morgan fingerprint density at radius 2 is 0.630 bits per heavy atom. The van der Waals surface area contributed by atoms with Crippen molar-refractivity contribution in [3.63, 3.8) is 0 Å². The third-order valence-corrected chi connectivity index (χ3v) is 14.2. The summed E-state index contributed by atoms with van der Waals surface area (Å²) in [5.74, 6) is 0. The van der Waals surface area contributed by atoms with Crippen molar-refractivity contribution in [3.05, 3.63) is 0 Å². The van der Waals surface area contributed by atoms with Crippen molar-refractivity contribution >= 4 is 8.80 Å². The van der Waals surface area contributed by atoms with Crippen LogP contribution in [0.4, 0.5) is 0 Å². The fourth-order valence-electron chi connectivity index (χ4n) is 6.59. The molecular formula is C43H92NO9Si+. The van der Waals surface area contributed by atoms with Gasteiger partial charge in [-0.05, 0) is 25.7 Å². The Kier molecular flexibility index (Phi) is 31.7. The van der Waals surface area contributed by atoms with Crippen LogP contribution in [-0.4, -0.2) is 130 Å². The number of nitrogens with zero attached hydrogens (tertiary/aromatic N) is 1. The molecule has 0 radical (unpaired) electrons. The minimum Gasteiger partial charge on any atom is -0.396 e. The minimum atomic E-state index is -3.63. The van der Waals surface area contributed by atoms with E-state index in [1.54, 1.807) is 20.8 Å². The first kappa shape index (κ1) is 53.8. The van der Waals surface area contributed by atoms with Gasteiger partial charge < -0.3 is 48.4 Å². The third kappa shape index (κ3) is 25.2. The molecule has 0 aliphatic rings. The Labute approximate surface area is 334 Å². The fraction of sp³-hybridized carbons (Fsp3) is 1.00. The molecular weight excluding hydrogens is 703 g/mol. The summed E-state index contributed by atoms with van der Waals surface area (Å²) in [6.45, 7) is 11.0. The number of quaternary nitrogens is 1. The zero-order valence-electron chi connectivity index (χ0n) is 36.4. The van der Waals surface area contributed by atoms with Crippen LogP contribution < -0.4 is 0 Å². The smallest absolute Gasteiger partial charge is 0.396 e. The Morgan fingerprint density at radius 3 is 0.889 bits per heavy atom. The molecule has 0 aliphatic heterocycles. The molecule has 326 valence electrons. The summed E-state index contributed by atoms with van der Waals surface area (Å²) in [5, 5.41) is 60.5. The van der Waals surface area contributed by atoms with E-state index in [4.69, 9.17) is 13.3 Å². The molecule has 0 unspecified atom stereocenters. The van der Waals surface area contributed by atoms with Crippen molar-refractivity contribution in [2.45, 2.75) is 176 Å². The molecule has 0 aliphatic carbocycles. The average molecular weight is 795 g/mol. The summed E-state index contributed by atoms with van der Waals surface area (Å²) in [7, 11) is -1.25. The predicted octanol–water partition coefficient (Wildman–Crippen LogP) is 7.63. The number of unbranched alkanes of at least 4 members (excludes halogenated alkanes) is 18. The summed E-state index contributed by atoms with van der Waals surface area (Å²) >= 11 is 0. The number of rotatable bonds is 41. The van der Waals surface area contributed by atoms with Crippen LogP contribution >= 0.6 is 0 Å². The lowest BCUT2D eigenvalue weighted by molar-refractivity contribution is -0.910. The largest absolute Gasteiger partial charge is 0.501 e. The van der Waals surface area contributed by atoms with Gasteiger partial charge in [-0.15, -0.1) is 0 Å². The molecule has 0 saturated heterocycles. The highest BCUT2D eigenvalue weighted by Crippen LogP contribution is 2.30. The lowest BCUT2D eigenvalue weighted by Gasteiger charge is -2.39. The highest BCUT2D eigenvalue weighted by molar-refractivity contribution is 6.60. The van der Waals surface area contributed by atoms with Gasteiger partial charge in [0.2, 0.25) is 0 Å². The lowest BCUT2D eigenvalue weighted by Crippen LogP contribution is -2.54. The van der Waals surface area contributed by atoms with Crippen molar-refractivity contribution in [1.29, 1.82) is 0 Å². The van der Waals surface area contributed by atoms with Crippen LogP contribution in [0, 0.1) is 16.2 Å². The minimum absolute atomic E-state index is 0.0144. The van der Waals surface area contributed by atoms with Crippen LogP contribution in [0.3, 0.4) is 0 Å². The normalized spacial score (nSPS) is 13.3. The van der Waals surface area contributed by atoms with Gasteiger partial charge in [-0.3, -0.25) is 0 Å². The maximum atomic E-state index is 10.1. The molecule has 0 fully saturated rings. The average Bonchev–Trinajstić information content (AvgIpc) is 3.19. The van der Waals surface area contributed by atoms with E-state index in [1.165, 1.54) is 128 Å². The van der Waals surface area contributed by atoms with E-state index in [0.29, 0.717) is 6.04 Å². The van der Waals surface area contributed by atoms with Crippen LogP contribution in [0.2, 0.25) is 6.04 Å². The summed E-state index contributed by atoms with van der Waals surface area (Å²) in [6.07, 6.45) is 26.9. The molecule has 0 spiro atoms. The maximum absolute atomic E-state index is 10.1. The van der Waals surface area contributed by atoms with Gasteiger partial charge in [0.15, 0.2) is 0 Å². The van der Waals surface area contributed by atoms with Crippen LogP contribution in [0.5, 0.6) is 0 Å². The highest BCUT2D eigenvalue weighted by Gasteiger charge is 2.47. The fourth-order valence-corrected chi connectivity index (χ4v) is 9.57. The predicted molar refractivity (Wildman–Crippen MR) is 224 cm³/mol. The van der Waals surface area contributed by atoms with E-state index in [2.05, 4.69) is 20.9 Å². The summed E-state index contributed by atoms with van der Waals surface area (Å²) in [5.41, 5.74) is -2.81. The first-order valence-corrected chi connectivity index (χ1v) is 24.2. The summed E-state index contributed by atoms with van der Waals surface area (Å²) in [6, 6.07) is 0.448. The molecule has 0 bridgehead atoms. The van der Waals surface area contributed by atoms with Crippen molar-refractivity contribution in [1.82, 2.24) is 0 Å². The van der Waals surface area contributed by atoms with Crippen LogP contribution in [0.25, 0.3) is 0 Å². The molecule has 54 heavy (non-hydrogen) atoms. The molecule has 0 aromatic rings. The summed E-state index contributed by atoms with van der Waals surface area (Å²) in [4.78, 5) is 0. The van der Waals surface area contributed by atoms with Gasteiger partial charge in [0.25, 0.3) is 0 Å². The lowest BCUT2D eigenvalue weighted by atomic mass is 9.95. The Bertz CT molecular complexity index is 761. The maximum Gasteiger partial charge on any atom is 0.501 e. The molecule has 0 rings (SSSR count). The molecule has 6 N–H and O–H groups in total. The number of hydrogen-bond acceptors (Lipinski definition) is 9. The second-order valence-corrected chi connectivity index (χ2v) is 20.9. The Balaban J connectivity index is 5.86. The number of hydrogen-bond donors (Lipinski definition) is 6.